The van der Waals surface area contributed by atoms with Crippen molar-refractivity contribution in [2.45, 2.75) is 37.8 Å². The first kappa shape index (κ1) is 14.4. The molecule has 1 saturated carbocycles. The van der Waals surface area contributed by atoms with Gasteiger partial charge in [0.2, 0.25) is 10.1 Å². The molecule has 7 nitrogen and oxygen atoms in total. The van der Waals surface area contributed by atoms with Crippen molar-refractivity contribution >= 4 is 27.2 Å². The average molecular weight is 330 g/mol. The van der Waals surface area contributed by atoms with Gasteiger partial charge in [-0.2, -0.15) is 0 Å². The molecule has 0 amide bonds. The van der Waals surface area contributed by atoms with E-state index < -0.39 is 0 Å². The molecule has 8 heteroatoms. The summed E-state index contributed by atoms with van der Waals surface area (Å²) in [5.41, 5.74) is 7.47. The van der Waals surface area contributed by atoms with Gasteiger partial charge in [-0.1, -0.05) is 11.3 Å². The summed E-state index contributed by atoms with van der Waals surface area (Å²) in [7, 11) is 0. The molecule has 0 atom stereocenters. The van der Waals surface area contributed by atoms with Gasteiger partial charge in [-0.05, 0) is 37.8 Å². The Balaban J connectivity index is 1.58. The van der Waals surface area contributed by atoms with E-state index >= 15 is 0 Å². The number of imidazole rings is 1. The Kier molecular flexibility index (Phi) is 3.62. The number of nitrogens with one attached hydrogen (secondary N) is 1. The van der Waals surface area contributed by atoms with E-state index in [2.05, 4.69) is 20.4 Å². The maximum Gasteiger partial charge on any atom is 0.214 e. The fourth-order valence-electron chi connectivity index (χ4n) is 2.90. The topological polar surface area (TPSA) is 101 Å². The summed E-state index contributed by atoms with van der Waals surface area (Å²) in [6, 6.07) is 4.06. The molecule has 3 heterocycles. The first-order chi connectivity index (χ1) is 11.2. The largest absolute Gasteiger partial charge is 0.393 e. The van der Waals surface area contributed by atoms with E-state index in [0.717, 1.165) is 47.0 Å². The number of nitrogen functional groups attached to an aromatic ring is 1. The summed E-state index contributed by atoms with van der Waals surface area (Å²) in [5.74, 6) is 0.495. The average Bonchev–Trinajstić information content (AvgIpc) is 3.11. The van der Waals surface area contributed by atoms with Crippen molar-refractivity contribution in [3.8, 4) is 11.3 Å². The lowest BCUT2D eigenvalue weighted by molar-refractivity contribution is 0.126. The van der Waals surface area contributed by atoms with Gasteiger partial charge in [0.05, 0.1) is 18.0 Å². The Labute approximate surface area is 137 Å². The number of rotatable bonds is 3. The van der Waals surface area contributed by atoms with Crippen LogP contribution in [-0.4, -0.2) is 36.8 Å². The number of fused-ring (bicyclic) bond motifs is 1. The number of nitrogens with zero attached hydrogens (tertiary/aromatic N) is 4. The zero-order valence-electron chi connectivity index (χ0n) is 12.5. The van der Waals surface area contributed by atoms with Gasteiger partial charge in [0, 0.05) is 17.8 Å². The lowest BCUT2D eigenvalue weighted by Crippen LogP contribution is -2.28. The van der Waals surface area contributed by atoms with E-state index in [4.69, 9.17) is 5.73 Å². The standard InChI is InChI=1S/C15H18N6OS/c16-13-6-1-9(7-17-13)12-8-18-15-21(12)20-14(23-15)19-10-2-4-11(22)5-3-10/h1,6-8,10-11,22H,2-5H2,(H2,16,17)(H,19,20)/t10-,11-. The van der Waals surface area contributed by atoms with E-state index in [9.17, 15) is 5.11 Å². The maximum atomic E-state index is 9.59. The molecular formula is C15H18N6OS. The van der Waals surface area contributed by atoms with Gasteiger partial charge < -0.3 is 16.2 Å². The second kappa shape index (κ2) is 5.78. The van der Waals surface area contributed by atoms with Gasteiger partial charge >= 0.3 is 0 Å². The molecule has 1 fully saturated rings. The summed E-state index contributed by atoms with van der Waals surface area (Å²) >= 11 is 1.53. The summed E-state index contributed by atoms with van der Waals surface area (Å²) in [4.78, 5) is 9.39. The fraction of sp³-hybridized carbons (Fsp3) is 0.400. The SMILES string of the molecule is Nc1ccc(-c2cnc3sc(N[C@H]4CC[C@H](O)CC4)nn23)cn1. The molecule has 0 aliphatic heterocycles. The van der Waals surface area contributed by atoms with Crippen molar-refractivity contribution in [1.29, 1.82) is 0 Å². The molecule has 4 N–H and O–H groups in total. The number of hydrogen-bond acceptors (Lipinski definition) is 7. The summed E-state index contributed by atoms with van der Waals surface area (Å²) in [5, 5.41) is 18.5. The van der Waals surface area contributed by atoms with Crippen molar-refractivity contribution in [3.05, 3.63) is 24.5 Å². The molecule has 0 spiro atoms. The van der Waals surface area contributed by atoms with Crippen LogP contribution in [0.15, 0.2) is 24.5 Å². The third-order valence-corrected chi connectivity index (χ3v) is 5.05. The number of nitrogens with two attached hydrogens (primary N) is 1. The van der Waals surface area contributed by atoms with Crippen LogP contribution in [0.1, 0.15) is 25.7 Å². The van der Waals surface area contributed by atoms with Gasteiger partial charge in [-0.25, -0.2) is 14.5 Å². The van der Waals surface area contributed by atoms with E-state index in [0.29, 0.717) is 11.9 Å². The highest BCUT2D eigenvalue weighted by Crippen LogP contribution is 2.28. The first-order valence-electron chi connectivity index (χ1n) is 7.70. The molecule has 3 aromatic rings. The van der Waals surface area contributed by atoms with E-state index in [1.54, 1.807) is 18.5 Å². The molecule has 0 aromatic carbocycles. The number of aliphatic hydroxyl groups is 1. The monoisotopic (exact) mass is 330 g/mol. The second-order valence-electron chi connectivity index (χ2n) is 5.87. The van der Waals surface area contributed by atoms with E-state index in [-0.39, 0.29) is 6.10 Å². The summed E-state index contributed by atoms with van der Waals surface area (Å²) < 4.78 is 1.83. The Morgan fingerprint density at radius 3 is 2.74 bits per heavy atom. The Morgan fingerprint density at radius 2 is 2.00 bits per heavy atom. The third kappa shape index (κ3) is 2.87. The van der Waals surface area contributed by atoms with Crippen LogP contribution in [0.5, 0.6) is 0 Å². The molecule has 1 aliphatic carbocycles. The Morgan fingerprint density at radius 1 is 1.17 bits per heavy atom. The zero-order chi connectivity index (χ0) is 15.8. The summed E-state index contributed by atoms with van der Waals surface area (Å²) in [6.45, 7) is 0. The van der Waals surface area contributed by atoms with Gasteiger partial charge in [-0.15, -0.1) is 5.10 Å². The van der Waals surface area contributed by atoms with Crippen LogP contribution in [0.25, 0.3) is 16.2 Å². The quantitative estimate of drug-likeness (QED) is 0.680. The predicted molar refractivity (Wildman–Crippen MR) is 90.4 cm³/mol. The molecule has 0 unspecified atom stereocenters. The van der Waals surface area contributed by atoms with Gasteiger partial charge in [0.1, 0.15) is 5.82 Å². The van der Waals surface area contributed by atoms with Crippen LogP contribution in [0.4, 0.5) is 10.9 Å². The van der Waals surface area contributed by atoms with Crippen LogP contribution >= 0.6 is 11.3 Å². The van der Waals surface area contributed by atoms with Crippen molar-refractivity contribution in [2.75, 3.05) is 11.1 Å². The lowest BCUT2D eigenvalue weighted by atomic mass is 9.93. The first-order valence-corrected chi connectivity index (χ1v) is 8.52. The molecule has 0 radical (unpaired) electrons. The number of aromatic nitrogens is 4. The molecule has 23 heavy (non-hydrogen) atoms. The molecule has 0 saturated heterocycles. The molecule has 4 rings (SSSR count). The van der Waals surface area contributed by atoms with E-state index in [1.807, 2.05) is 10.6 Å². The normalized spacial score (nSPS) is 21.6. The van der Waals surface area contributed by atoms with Crippen LogP contribution in [0.3, 0.4) is 0 Å². The van der Waals surface area contributed by atoms with Crippen molar-refractivity contribution in [2.24, 2.45) is 0 Å². The molecule has 1 aliphatic rings. The smallest absolute Gasteiger partial charge is 0.214 e. The van der Waals surface area contributed by atoms with Crippen molar-refractivity contribution in [3.63, 3.8) is 0 Å². The van der Waals surface area contributed by atoms with Gasteiger partial charge in [0.25, 0.3) is 0 Å². The van der Waals surface area contributed by atoms with Crippen LogP contribution in [0, 0.1) is 0 Å². The van der Waals surface area contributed by atoms with Crippen LogP contribution in [-0.2, 0) is 0 Å². The Hall–Kier alpha value is -2.19. The minimum Gasteiger partial charge on any atom is -0.393 e. The van der Waals surface area contributed by atoms with E-state index in [1.165, 1.54) is 11.3 Å². The number of hydrogen-bond donors (Lipinski definition) is 3. The highest BCUT2D eigenvalue weighted by Gasteiger charge is 2.21. The molecule has 0 bridgehead atoms. The minimum atomic E-state index is -0.147. The number of anilines is 2. The predicted octanol–water partition coefficient (Wildman–Crippen LogP) is 2.15. The zero-order valence-corrected chi connectivity index (χ0v) is 13.3. The van der Waals surface area contributed by atoms with Crippen LogP contribution < -0.4 is 11.1 Å². The maximum absolute atomic E-state index is 9.59. The lowest BCUT2D eigenvalue weighted by Gasteiger charge is -2.25. The number of aliphatic hydroxyl groups excluding tert-OH is 1. The molecular weight excluding hydrogens is 312 g/mol. The Bertz CT molecular complexity index is 803. The van der Waals surface area contributed by atoms with Crippen LogP contribution in [0.2, 0.25) is 0 Å². The summed E-state index contributed by atoms with van der Waals surface area (Å²) in [6.07, 6.45) is 7.02. The molecule has 120 valence electrons. The highest BCUT2D eigenvalue weighted by atomic mass is 32.1. The van der Waals surface area contributed by atoms with Crippen molar-refractivity contribution < 1.29 is 5.11 Å². The third-order valence-electron chi connectivity index (χ3n) is 4.19. The van der Waals surface area contributed by atoms with Crippen molar-refractivity contribution in [1.82, 2.24) is 19.6 Å². The molecule has 3 aromatic heterocycles. The number of pyridine rings is 1. The minimum absolute atomic E-state index is 0.147. The highest BCUT2D eigenvalue weighted by molar-refractivity contribution is 7.20. The van der Waals surface area contributed by atoms with Gasteiger partial charge in [-0.3, -0.25) is 0 Å². The fourth-order valence-corrected chi connectivity index (χ4v) is 3.75. The van der Waals surface area contributed by atoms with Gasteiger partial charge in [0.15, 0.2) is 0 Å². The second-order valence-corrected chi connectivity index (χ2v) is 6.82.